The van der Waals surface area contributed by atoms with E-state index < -0.39 is 41.9 Å². The average Bonchev–Trinajstić information content (AvgIpc) is 3.46. The smallest absolute Gasteiger partial charge is 0.276 e. The number of halogens is 1. The predicted octanol–water partition coefficient (Wildman–Crippen LogP) is 2.60. The summed E-state index contributed by atoms with van der Waals surface area (Å²) in [5.74, 6) is -2.88. The van der Waals surface area contributed by atoms with Crippen molar-refractivity contribution in [2.45, 2.75) is 18.9 Å². The quantitative estimate of drug-likeness (QED) is 0.436. The van der Waals surface area contributed by atoms with Crippen LogP contribution in [-0.4, -0.2) is 41.5 Å². The fourth-order valence-electron chi connectivity index (χ4n) is 4.10. The van der Waals surface area contributed by atoms with Crippen LogP contribution in [0.3, 0.4) is 0 Å². The highest BCUT2D eigenvalue weighted by Gasteiger charge is 2.46. The number of hydrogen-bond donors (Lipinski definition) is 1. The van der Waals surface area contributed by atoms with Crippen molar-refractivity contribution in [2.75, 3.05) is 11.7 Å². The van der Waals surface area contributed by atoms with E-state index in [1.165, 1.54) is 30.3 Å². The SMILES string of the molecule is O=C(Cc1ccccc1)NN(C(=O)c1ccccc1F)C1CC(=O)N(c2ccc3c(c2)OCO3)C1=O. The number of fused-ring (bicyclic) bond motifs is 1. The molecule has 1 fully saturated rings. The molecule has 3 aromatic rings. The summed E-state index contributed by atoms with van der Waals surface area (Å²) in [5.41, 5.74) is 2.98. The normalized spacial score (nSPS) is 16.2. The van der Waals surface area contributed by atoms with Crippen LogP contribution < -0.4 is 19.8 Å². The van der Waals surface area contributed by atoms with Crippen LogP contribution in [0.1, 0.15) is 22.3 Å². The number of ether oxygens (including phenoxy) is 2. The summed E-state index contributed by atoms with van der Waals surface area (Å²) < 4.78 is 25.1. The summed E-state index contributed by atoms with van der Waals surface area (Å²) in [6.45, 7) is 0.0155. The number of anilines is 1. The van der Waals surface area contributed by atoms with Gasteiger partial charge in [0, 0.05) is 6.07 Å². The molecule has 36 heavy (non-hydrogen) atoms. The highest BCUT2D eigenvalue weighted by atomic mass is 19.1. The van der Waals surface area contributed by atoms with E-state index >= 15 is 0 Å². The number of benzene rings is 3. The number of amides is 4. The fraction of sp³-hybridized carbons (Fsp3) is 0.154. The van der Waals surface area contributed by atoms with E-state index in [-0.39, 0.29) is 24.5 Å². The standard InChI is InChI=1S/C26H20FN3O6/c27-19-9-5-4-8-18(19)25(33)30(28-23(31)12-16-6-2-1-3-7-16)20-14-24(32)29(26(20)34)17-10-11-21-22(13-17)36-15-35-21/h1-11,13,20H,12,14-15H2,(H,28,31). The number of hydrazine groups is 1. The van der Waals surface area contributed by atoms with Gasteiger partial charge in [-0.1, -0.05) is 42.5 Å². The van der Waals surface area contributed by atoms with Gasteiger partial charge in [-0.2, -0.15) is 0 Å². The molecule has 1 atom stereocenters. The van der Waals surface area contributed by atoms with Gasteiger partial charge in [0.15, 0.2) is 11.5 Å². The lowest BCUT2D eigenvalue weighted by molar-refractivity contribution is -0.128. The van der Waals surface area contributed by atoms with Crippen molar-refractivity contribution in [3.05, 3.63) is 89.7 Å². The van der Waals surface area contributed by atoms with Gasteiger partial charge in [0.1, 0.15) is 11.9 Å². The minimum Gasteiger partial charge on any atom is -0.454 e. The summed E-state index contributed by atoms with van der Waals surface area (Å²) in [6.07, 6.45) is -0.498. The molecule has 0 saturated carbocycles. The third-order valence-electron chi connectivity index (χ3n) is 5.82. The van der Waals surface area contributed by atoms with Crippen LogP contribution in [0.5, 0.6) is 11.5 Å². The lowest BCUT2D eigenvalue weighted by atomic mass is 10.1. The Hall–Kier alpha value is -4.73. The molecule has 1 saturated heterocycles. The van der Waals surface area contributed by atoms with Crippen LogP contribution in [0.15, 0.2) is 72.8 Å². The zero-order chi connectivity index (χ0) is 25.2. The monoisotopic (exact) mass is 489 g/mol. The maximum Gasteiger partial charge on any atom is 0.276 e. The molecule has 1 unspecified atom stereocenters. The topological polar surface area (TPSA) is 105 Å². The molecule has 1 N–H and O–H groups in total. The van der Waals surface area contributed by atoms with E-state index in [1.807, 2.05) is 0 Å². The number of imide groups is 1. The van der Waals surface area contributed by atoms with E-state index in [9.17, 15) is 23.6 Å². The largest absolute Gasteiger partial charge is 0.454 e. The van der Waals surface area contributed by atoms with Crippen LogP contribution in [0.25, 0.3) is 0 Å². The molecular weight excluding hydrogens is 469 g/mol. The number of rotatable bonds is 5. The Labute approximate surface area is 205 Å². The molecule has 9 nitrogen and oxygen atoms in total. The van der Waals surface area contributed by atoms with Gasteiger partial charge in [0.05, 0.1) is 24.1 Å². The number of nitrogens with one attached hydrogen (secondary N) is 1. The molecular formula is C26H20FN3O6. The number of carbonyl (C=O) groups is 4. The molecule has 2 heterocycles. The second kappa shape index (κ2) is 9.49. The summed E-state index contributed by atoms with van der Waals surface area (Å²) in [4.78, 5) is 53.4. The first-order valence-electron chi connectivity index (χ1n) is 11.1. The van der Waals surface area contributed by atoms with Gasteiger partial charge in [0.2, 0.25) is 18.6 Å². The lowest BCUT2D eigenvalue weighted by Crippen LogP contribution is -2.55. The van der Waals surface area contributed by atoms with E-state index in [1.54, 1.807) is 36.4 Å². The molecule has 10 heteroatoms. The zero-order valence-corrected chi connectivity index (χ0v) is 18.8. The Morgan fingerprint density at radius 3 is 2.47 bits per heavy atom. The highest BCUT2D eigenvalue weighted by molar-refractivity contribution is 6.23. The van der Waals surface area contributed by atoms with Crippen LogP contribution in [-0.2, 0) is 20.8 Å². The van der Waals surface area contributed by atoms with Crippen molar-refractivity contribution in [1.29, 1.82) is 0 Å². The number of nitrogens with zero attached hydrogens (tertiary/aromatic N) is 2. The van der Waals surface area contributed by atoms with Gasteiger partial charge in [-0.05, 0) is 29.8 Å². The molecule has 0 bridgehead atoms. The Morgan fingerprint density at radius 2 is 1.69 bits per heavy atom. The molecule has 0 spiro atoms. The van der Waals surface area contributed by atoms with Crippen LogP contribution in [0.4, 0.5) is 10.1 Å². The van der Waals surface area contributed by atoms with Crippen molar-refractivity contribution >= 4 is 29.3 Å². The molecule has 5 rings (SSSR count). The second-order valence-corrected chi connectivity index (χ2v) is 8.18. The Bertz CT molecular complexity index is 1360. The van der Waals surface area contributed by atoms with E-state index in [0.29, 0.717) is 17.1 Å². The van der Waals surface area contributed by atoms with Crippen molar-refractivity contribution in [3.8, 4) is 11.5 Å². The predicted molar refractivity (Wildman–Crippen MR) is 124 cm³/mol. The molecule has 0 aromatic heterocycles. The number of hydrogen-bond acceptors (Lipinski definition) is 6. The molecule has 182 valence electrons. The van der Waals surface area contributed by atoms with Crippen LogP contribution in [0.2, 0.25) is 0 Å². The third-order valence-corrected chi connectivity index (χ3v) is 5.82. The van der Waals surface area contributed by atoms with E-state index in [2.05, 4.69) is 5.43 Å². The maximum absolute atomic E-state index is 14.5. The molecule has 0 aliphatic carbocycles. The van der Waals surface area contributed by atoms with Crippen molar-refractivity contribution in [2.24, 2.45) is 0 Å². The minimum absolute atomic E-state index is 0.0155. The van der Waals surface area contributed by atoms with E-state index in [0.717, 1.165) is 16.0 Å². The van der Waals surface area contributed by atoms with Gasteiger partial charge in [-0.3, -0.25) is 24.6 Å². The highest BCUT2D eigenvalue weighted by Crippen LogP contribution is 2.37. The minimum atomic E-state index is -1.38. The summed E-state index contributed by atoms with van der Waals surface area (Å²) in [7, 11) is 0. The number of carbonyl (C=O) groups excluding carboxylic acids is 4. The first-order valence-corrected chi connectivity index (χ1v) is 11.1. The molecule has 4 amide bonds. The van der Waals surface area contributed by atoms with E-state index in [4.69, 9.17) is 9.47 Å². The second-order valence-electron chi connectivity index (χ2n) is 8.18. The molecule has 0 radical (unpaired) electrons. The van der Waals surface area contributed by atoms with Gasteiger partial charge in [-0.25, -0.2) is 14.3 Å². The summed E-state index contributed by atoms with van der Waals surface area (Å²) in [6, 6.07) is 17.2. The third kappa shape index (κ3) is 4.36. The summed E-state index contributed by atoms with van der Waals surface area (Å²) in [5, 5.41) is 0.747. The van der Waals surface area contributed by atoms with Gasteiger partial charge in [-0.15, -0.1) is 0 Å². The maximum atomic E-state index is 14.5. The lowest BCUT2D eigenvalue weighted by Gasteiger charge is -2.28. The first-order chi connectivity index (χ1) is 17.4. The van der Waals surface area contributed by atoms with Crippen molar-refractivity contribution < 1.29 is 33.0 Å². The van der Waals surface area contributed by atoms with Gasteiger partial charge >= 0.3 is 0 Å². The fourth-order valence-corrected chi connectivity index (χ4v) is 4.10. The molecule has 2 aliphatic rings. The average molecular weight is 489 g/mol. The van der Waals surface area contributed by atoms with Crippen LogP contribution in [0, 0.1) is 5.82 Å². The Kier molecular flexibility index (Phi) is 6.07. The zero-order valence-electron chi connectivity index (χ0n) is 18.8. The Morgan fingerprint density at radius 1 is 0.972 bits per heavy atom. The first kappa shape index (κ1) is 23.0. The van der Waals surface area contributed by atoms with Gasteiger partial charge < -0.3 is 9.47 Å². The molecule has 3 aromatic carbocycles. The molecule has 2 aliphatic heterocycles. The van der Waals surface area contributed by atoms with Crippen molar-refractivity contribution in [3.63, 3.8) is 0 Å². The summed E-state index contributed by atoms with van der Waals surface area (Å²) >= 11 is 0. The Balaban J connectivity index is 1.44. The van der Waals surface area contributed by atoms with Gasteiger partial charge in [0.25, 0.3) is 11.8 Å². The van der Waals surface area contributed by atoms with Crippen LogP contribution >= 0.6 is 0 Å². The van der Waals surface area contributed by atoms with Crippen molar-refractivity contribution in [1.82, 2.24) is 10.4 Å².